The van der Waals surface area contributed by atoms with Gasteiger partial charge in [-0.25, -0.2) is 0 Å². The minimum absolute atomic E-state index is 0.605. The highest BCUT2D eigenvalue weighted by Gasteiger charge is 2.18. The molecule has 2 heterocycles. The Morgan fingerprint density at radius 1 is 0.417 bits per heavy atom. The molecule has 4 heteroatoms. The molecule has 0 radical (unpaired) electrons. The molecule has 222 valence electrons. The van der Waals surface area contributed by atoms with Crippen LogP contribution < -0.4 is 0 Å². The van der Waals surface area contributed by atoms with Gasteiger partial charge in [0.2, 0.25) is 0 Å². The number of benzene rings is 7. The zero-order valence-corrected chi connectivity index (χ0v) is 25.8. The summed E-state index contributed by atoms with van der Waals surface area (Å²) in [7, 11) is 0. The number of hydrogen-bond donors (Lipinski definition) is 0. The van der Waals surface area contributed by atoms with Crippen molar-refractivity contribution in [3.05, 3.63) is 169 Å². The fourth-order valence-electron chi connectivity index (χ4n) is 7.32. The second-order valence-corrected chi connectivity index (χ2v) is 12.0. The lowest BCUT2D eigenvalue weighted by atomic mass is 9.96. The molecule has 9 aromatic rings. The predicted octanol–water partition coefficient (Wildman–Crippen LogP) is 11.0. The minimum atomic E-state index is 0.605. The van der Waals surface area contributed by atoms with Gasteiger partial charge in [0.05, 0.1) is 51.0 Å². The zero-order valence-electron chi connectivity index (χ0n) is 25.8. The van der Waals surface area contributed by atoms with Crippen molar-refractivity contribution in [2.75, 3.05) is 0 Å². The summed E-state index contributed by atoms with van der Waals surface area (Å²) in [5.41, 5.74) is 11.6. The minimum Gasteiger partial charge on any atom is -0.309 e. The van der Waals surface area contributed by atoms with Gasteiger partial charge < -0.3 is 9.13 Å². The summed E-state index contributed by atoms with van der Waals surface area (Å²) >= 11 is 0. The quantitative estimate of drug-likeness (QED) is 0.199. The highest BCUT2D eigenvalue weighted by molar-refractivity contribution is 6.12. The van der Waals surface area contributed by atoms with Crippen LogP contribution in [0.3, 0.4) is 0 Å². The van der Waals surface area contributed by atoms with Crippen molar-refractivity contribution >= 4 is 43.6 Å². The standard InChI is InChI=1S/C44H26N4/c45-27-29-23-33(26-34(24-29)47-40-19-6-2-15-36(40)37-16-3-7-20-41(37)47)30-11-9-12-31(25-30)35-14-1-5-18-39(35)48-42-21-8-4-17-38(42)44-32(28-46)13-10-22-43(44)48/h1-26H. The van der Waals surface area contributed by atoms with Crippen LogP contribution in [0.4, 0.5) is 0 Å². The van der Waals surface area contributed by atoms with Gasteiger partial charge in [0.25, 0.3) is 0 Å². The Kier molecular flexibility index (Phi) is 6.22. The molecular formula is C44H26N4. The number of rotatable bonds is 4. The fourth-order valence-corrected chi connectivity index (χ4v) is 7.32. The van der Waals surface area contributed by atoms with E-state index in [9.17, 15) is 10.5 Å². The summed E-state index contributed by atoms with van der Waals surface area (Å²) in [4.78, 5) is 0. The maximum absolute atomic E-state index is 10.2. The predicted molar refractivity (Wildman–Crippen MR) is 195 cm³/mol. The molecule has 0 saturated heterocycles. The summed E-state index contributed by atoms with van der Waals surface area (Å²) in [5.74, 6) is 0. The molecule has 0 spiro atoms. The van der Waals surface area contributed by atoms with Crippen molar-refractivity contribution in [3.63, 3.8) is 0 Å². The summed E-state index contributed by atoms with van der Waals surface area (Å²) in [6.07, 6.45) is 0. The molecule has 48 heavy (non-hydrogen) atoms. The van der Waals surface area contributed by atoms with E-state index in [0.29, 0.717) is 11.1 Å². The Morgan fingerprint density at radius 2 is 1.02 bits per heavy atom. The van der Waals surface area contributed by atoms with Crippen LogP contribution in [0.15, 0.2) is 158 Å². The molecule has 0 fully saturated rings. The molecule has 2 aromatic heterocycles. The van der Waals surface area contributed by atoms with E-state index in [1.54, 1.807) is 0 Å². The molecule has 4 nitrogen and oxygen atoms in total. The third-order valence-corrected chi connectivity index (χ3v) is 9.36. The molecule has 0 N–H and O–H groups in total. The lowest BCUT2D eigenvalue weighted by molar-refractivity contribution is 1.18. The molecule has 0 unspecified atom stereocenters. The van der Waals surface area contributed by atoms with E-state index in [-0.39, 0.29) is 0 Å². The first-order valence-electron chi connectivity index (χ1n) is 15.9. The van der Waals surface area contributed by atoms with Crippen LogP contribution in [-0.4, -0.2) is 9.13 Å². The van der Waals surface area contributed by atoms with Crippen molar-refractivity contribution in [2.24, 2.45) is 0 Å². The van der Waals surface area contributed by atoms with Crippen LogP contribution in [0.5, 0.6) is 0 Å². The first kappa shape index (κ1) is 27.4. The zero-order chi connectivity index (χ0) is 32.2. The summed E-state index contributed by atoms with van der Waals surface area (Å²) < 4.78 is 4.52. The fraction of sp³-hybridized carbons (Fsp3) is 0. The second kappa shape index (κ2) is 10.9. The largest absolute Gasteiger partial charge is 0.309 e. The first-order valence-corrected chi connectivity index (χ1v) is 15.9. The van der Waals surface area contributed by atoms with Crippen LogP contribution in [-0.2, 0) is 0 Å². The van der Waals surface area contributed by atoms with Gasteiger partial charge in [0.1, 0.15) is 0 Å². The number of fused-ring (bicyclic) bond motifs is 6. The molecule has 0 saturated carbocycles. The van der Waals surface area contributed by atoms with Gasteiger partial charge in [0.15, 0.2) is 0 Å². The number of aromatic nitrogens is 2. The Morgan fingerprint density at radius 3 is 1.75 bits per heavy atom. The van der Waals surface area contributed by atoms with Crippen molar-refractivity contribution in [2.45, 2.75) is 0 Å². The van der Waals surface area contributed by atoms with Gasteiger partial charge in [-0.05, 0) is 77.4 Å². The summed E-state index contributed by atoms with van der Waals surface area (Å²) in [6, 6.07) is 59.0. The number of nitrogens with zero attached hydrogens (tertiary/aromatic N) is 4. The maximum atomic E-state index is 10.2. The monoisotopic (exact) mass is 610 g/mol. The summed E-state index contributed by atoms with van der Waals surface area (Å²) in [6.45, 7) is 0. The Bertz CT molecular complexity index is 2760. The molecule has 0 amide bonds. The molecule has 0 bridgehead atoms. The van der Waals surface area contributed by atoms with Gasteiger partial charge in [-0.1, -0.05) is 97.1 Å². The van der Waals surface area contributed by atoms with Gasteiger partial charge in [-0.15, -0.1) is 0 Å². The van der Waals surface area contributed by atoms with Crippen LogP contribution in [0.2, 0.25) is 0 Å². The second-order valence-electron chi connectivity index (χ2n) is 12.0. The molecule has 0 aliphatic carbocycles. The van der Waals surface area contributed by atoms with Crippen molar-refractivity contribution in [3.8, 4) is 45.8 Å². The van der Waals surface area contributed by atoms with Crippen molar-refractivity contribution in [1.29, 1.82) is 10.5 Å². The van der Waals surface area contributed by atoms with Gasteiger partial charge >= 0.3 is 0 Å². The Balaban J connectivity index is 1.24. The van der Waals surface area contributed by atoms with Crippen LogP contribution in [0.25, 0.3) is 77.2 Å². The van der Waals surface area contributed by atoms with E-state index in [4.69, 9.17) is 0 Å². The van der Waals surface area contributed by atoms with Crippen LogP contribution in [0, 0.1) is 22.7 Å². The van der Waals surface area contributed by atoms with E-state index in [2.05, 4.69) is 143 Å². The molecule has 0 aliphatic heterocycles. The van der Waals surface area contributed by atoms with E-state index >= 15 is 0 Å². The first-order chi connectivity index (χ1) is 23.7. The van der Waals surface area contributed by atoms with E-state index in [0.717, 1.165) is 66.5 Å². The lowest BCUT2D eigenvalue weighted by Crippen LogP contribution is -1.97. The van der Waals surface area contributed by atoms with E-state index in [1.807, 2.05) is 36.4 Å². The molecule has 0 aliphatic rings. The highest BCUT2D eigenvalue weighted by Crippen LogP contribution is 2.39. The Labute approximate surface area is 277 Å². The number of nitriles is 2. The van der Waals surface area contributed by atoms with Gasteiger partial charge in [-0.3, -0.25) is 0 Å². The smallest absolute Gasteiger partial charge is 0.0998 e. The van der Waals surface area contributed by atoms with Gasteiger partial charge in [-0.2, -0.15) is 10.5 Å². The highest BCUT2D eigenvalue weighted by atomic mass is 15.0. The SMILES string of the molecule is N#Cc1cc(-c2cccc(-c3ccccc3-n3c4ccccc4c4c(C#N)cccc43)c2)cc(-n2c3ccccc3c3ccccc32)c1. The van der Waals surface area contributed by atoms with Crippen LogP contribution >= 0.6 is 0 Å². The number of hydrogen-bond acceptors (Lipinski definition) is 2. The van der Waals surface area contributed by atoms with E-state index in [1.165, 1.54) is 10.8 Å². The van der Waals surface area contributed by atoms with Crippen LogP contribution in [0.1, 0.15) is 11.1 Å². The molecule has 9 rings (SSSR count). The van der Waals surface area contributed by atoms with E-state index < -0.39 is 0 Å². The van der Waals surface area contributed by atoms with Gasteiger partial charge in [0, 0.05) is 32.8 Å². The lowest BCUT2D eigenvalue weighted by Gasteiger charge is -2.15. The van der Waals surface area contributed by atoms with Crippen molar-refractivity contribution < 1.29 is 0 Å². The Hall–Kier alpha value is -6.88. The molecular weight excluding hydrogens is 585 g/mol. The third kappa shape index (κ3) is 4.14. The normalized spacial score (nSPS) is 11.3. The average Bonchev–Trinajstić information content (AvgIpc) is 3.68. The third-order valence-electron chi connectivity index (χ3n) is 9.36. The number of para-hydroxylation sites is 4. The summed E-state index contributed by atoms with van der Waals surface area (Å²) in [5, 5.41) is 24.5. The maximum Gasteiger partial charge on any atom is 0.0998 e. The topological polar surface area (TPSA) is 57.4 Å². The molecule has 0 atom stereocenters. The average molecular weight is 611 g/mol. The molecule has 7 aromatic carbocycles. The van der Waals surface area contributed by atoms with Crippen molar-refractivity contribution in [1.82, 2.24) is 9.13 Å².